The summed E-state index contributed by atoms with van der Waals surface area (Å²) in [5.74, 6) is -0.698. The Hall–Kier alpha value is -5.63. The Kier molecular flexibility index (Phi) is 8.17. The maximum absolute atomic E-state index is 13.7. The van der Waals surface area contributed by atoms with Gasteiger partial charge in [-0.3, -0.25) is 4.79 Å². The Morgan fingerprint density at radius 2 is 1.38 bits per heavy atom. The van der Waals surface area contributed by atoms with Crippen LogP contribution < -0.4 is 5.32 Å². The summed E-state index contributed by atoms with van der Waals surface area (Å²) in [7, 11) is 0. The van der Waals surface area contributed by atoms with Crippen LogP contribution in [-0.4, -0.2) is 40.4 Å². The van der Waals surface area contributed by atoms with Gasteiger partial charge in [0, 0.05) is 24.6 Å². The number of hydrogen-bond donors (Lipinski definition) is 1. The minimum Gasteiger partial charge on any atom is -0.347 e. The van der Waals surface area contributed by atoms with E-state index in [2.05, 4.69) is 119 Å². The van der Waals surface area contributed by atoms with Gasteiger partial charge in [-0.05, 0) is 58.9 Å². The summed E-state index contributed by atoms with van der Waals surface area (Å²) in [6.07, 6.45) is 4.89. The Balaban J connectivity index is 1.23. The van der Waals surface area contributed by atoms with Crippen molar-refractivity contribution < 1.29 is 14.3 Å². The third-order valence-corrected chi connectivity index (χ3v) is 10.8. The van der Waals surface area contributed by atoms with E-state index in [9.17, 15) is 4.79 Å². The lowest BCUT2D eigenvalue weighted by Crippen LogP contribution is -2.38. The molecule has 5 aromatic carbocycles. The van der Waals surface area contributed by atoms with E-state index in [4.69, 9.17) is 19.6 Å². The van der Waals surface area contributed by atoms with Crippen molar-refractivity contribution in [1.82, 2.24) is 15.1 Å². The van der Waals surface area contributed by atoms with Gasteiger partial charge in [0.25, 0.3) is 5.91 Å². The van der Waals surface area contributed by atoms with E-state index >= 15 is 0 Å². The number of ether oxygens (including phenoxy) is 2. The number of carbonyl (C=O) groups is 1. The van der Waals surface area contributed by atoms with Crippen LogP contribution in [0.3, 0.4) is 0 Å². The highest BCUT2D eigenvalue weighted by molar-refractivity contribution is 6.41. The van der Waals surface area contributed by atoms with Gasteiger partial charge in [0.1, 0.15) is 11.3 Å². The Labute approximate surface area is 303 Å². The molecular formula is C45H40N4O3. The van der Waals surface area contributed by atoms with Crippen LogP contribution in [0.15, 0.2) is 145 Å². The Bertz CT molecular complexity index is 2210. The molecule has 1 amide bonds. The summed E-state index contributed by atoms with van der Waals surface area (Å²) in [4.78, 5) is 18.6. The highest BCUT2D eigenvalue weighted by Gasteiger charge is 2.43. The molecule has 1 atom stereocenters. The van der Waals surface area contributed by atoms with Gasteiger partial charge < -0.3 is 14.8 Å². The predicted molar refractivity (Wildman–Crippen MR) is 205 cm³/mol. The fourth-order valence-electron chi connectivity index (χ4n) is 8.22. The second-order valence-corrected chi connectivity index (χ2v) is 13.9. The topological polar surface area (TPSA) is 77.7 Å². The van der Waals surface area contributed by atoms with Crippen LogP contribution in [-0.2, 0) is 26.2 Å². The predicted octanol–water partition coefficient (Wildman–Crippen LogP) is 8.69. The molecule has 0 bridgehead atoms. The average molecular weight is 685 g/mol. The summed E-state index contributed by atoms with van der Waals surface area (Å²) in [5, 5.41) is 9.82. The molecule has 1 aromatic heterocycles. The van der Waals surface area contributed by atoms with Gasteiger partial charge in [-0.1, -0.05) is 127 Å². The molecule has 6 aromatic rings. The largest absolute Gasteiger partial charge is 0.347 e. The highest BCUT2D eigenvalue weighted by Crippen LogP contribution is 2.47. The van der Waals surface area contributed by atoms with E-state index in [1.165, 1.54) is 0 Å². The van der Waals surface area contributed by atoms with Gasteiger partial charge in [0.2, 0.25) is 0 Å². The SMILES string of the molecule is C[C@@H](NC(=O)C1=Nc2cc3c(C4=CCC5(CC4)OCCO5)nn(C(c4ccccc4)(c4ccccc4)c4ccccc4)c3cc2C1)c1ccccc1. The average Bonchev–Trinajstić information content (AvgIpc) is 3.94. The van der Waals surface area contributed by atoms with E-state index in [-0.39, 0.29) is 11.9 Å². The first-order chi connectivity index (χ1) is 25.5. The molecule has 1 N–H and O–H groups in total. The molecule has 9 rings (SSSR count). The summed E-state index contributed by atoms with van der Waals surface area (Å²) in [6, 6.07) is 46.1. The molecule has 1 fully saturated rings. The number of carbonyl (C=O) groups excluding carboxylic acids is 1. The van der Waals surface area contributed by atoms with Gasteiger partial charge in [-0.25, -0.2) is 9.67 Å². The number of nitrogens with one attached hydrogen (secondary N) is 1. The zero-order chi connectivity index (χ0) is 35.1. The summed E-state index contributed by atoms with van der Waals surface area (Å²) in [6.45, 7) is 3.25. The molecule has 2 aliphatic heterocycles. The molecule has 0 radical (unpaired) electrons. The molecule has 3 heterocycles. The van der Waals surface area contributed by atoms with Crippen molar-refractivity contribution in [3.8, 4) is 0 Å². The lowest BCUT2D eigenvalue weighted by molar-refractivity contribution is -0.159. The van der Waals surface area contributed by atoms with Crippen LogP contribution in [0.5, 0.6) is 0 Å². The van der Waals surface area contributed by atoms with Gasteiger partial charge in [-0.15, -0.1) is 0 Å². The molecule has 0 saturated carbocycles. The maximum Gasteiger partial charge on any atom is 0.266 e. The molecule has 3 aliphatic rings. The fraction of sp³-hybridized carbons (Fsp3) is 0.222. The molecule has 258 valence electrons. The van der Waals surface area contributed by atoms with Crippen molar-refractivity contribution in [2.45, 2.75) is 50.0 Å². The number of fused-ring (bicyclic) bond motifs is 2. The number of rotatable bonds is 8. The van der Waals surface area contributed by atoms with Crippen LogP contribution in [0.25, 0.3) is 16.5 Å². The number of benzene rings is 5. The number of nitrogens with zero attached hydrogens (tertiary/aromatic N) is 3. The van der Waals surface area contributed by atoms with Crippen molar-refractivity contribution in [1.29, 1.82) is 0 Å². The molecule has 1 spiro atoms. The number of aliphatic imine (C=N–C) groups is 1. The van der Waals surface area contributed by atoms with E-state index < -0.39 is 11.3 Å². The second kappa shape index (κ2) is 13.2. The number of allylic oxidation sites excluding steroid dienone is 1. The normalized spacial score (nSPS) is 17.1. The van der Waals surface area contributed by atoms with Crippen molar-refractivity contribution in [3.63, 3.8) is 0 Å². The maximum atomic E-state index is 13.7. The van der Waals surface area contributed by atoms with Crippen molar-refractivity contribution in [3.05, 3.63) is 173 Å². The quantitative estimate of drug-likeness (QED) is 0.163. The van der Waals surface area contributed by atoms with Gasteiger partial charge in [0.15, 0.2) is 5.79 Å². The lowest BCUT2D eigenvalue weighted by atomic mass is 9.77. The summed E-state index contributed by atoms with van der Waals surface area (Å²) in [5.41, 5.74) is 8.92. The monoisotopic (exact) mass is 684 g/mol. The van der Waals surface area contributed by atoms with Crippen molar-refractivity contribution in [2.24, 2.45) is 4.99 Å². The zero-order valence-corrected chi connectivity index (χ0v) is 29.2. The van der Waals surface area contributed by atoms with Crippen LogP contribution in [0.2, 0.25) is 0 Å². The molecule has 52 heavy (non-hydrogen) atoms. The molecule has 7 heteroatoms. The minimum atomic E-state index is -0.812. The molecule has 1 aliphatic carbocycles. The first kappa shape index (κ1) is 32.3. The summed E-state index contributed by atoms with van der Waals surface area (Å²) < 4.78 is 14.4. The number of hydrogen-bond acceptors (Lipinski definition) is 5. The van der Waals surface area contributed by atoms with Crippen LogP contribution >= 0.6 is 0 Å². The highest BCUT2D eigenvalue weighted by atomic mass is 16.7. The third kappa shape index (κ3) is 5.48. The number of amides is 1. The Morgan fingerprint density at radius 3 is 1.94 bits per heavy atom. The van der Waals surface area contributed by atoms with Crippen LogP contribution in [0, 0.1) is 0 Å². The van der Waals surface area contributed by atoms with Crippen molar-refractivity contribution in [2.75, 3.05) is 13.2 Å². The fourth-order valence-corrected chi connectivity index (χ4v) is 8.22. The second-order valence-electron chi connectivity index (χ2n) is 13.9. The van der Waals surface area contributed by atoms with Crippen LogP contribution in [0.4, 0.5) is 5.69 Å². The van der Waals surface area contributed by atoms with E-state index in [0.717, 1.165) is 68.5 Å². The Morgan fingerprint density at radius 1 is 0.808 bits per heavy atom. The molecule has 0 unspecified atom stereocenters. The molecule has 7 nitrogen and oxygen atoms in total. The number of aromatic nitrogens is 2. The third-order valence-electron chi connectivity index (χ3n) is 10.8. The smallest absolute Gasteiger partial charge is 0.266 e. The zero-order valence-electron chi connectivity index (χ0n) is 29.2. The first-order valence-electron chi connectivity index (χ1n) is 18.2. The lowest BCUT2D eigenvalue weighted by Gasteiger charge is -2.37. The first-order valence-corrected chi connectivity index (χ1v) is 18.2. The van der Waals surface area contributed by atoms with Gasteiger partial charge in [0.05, 0.1) is 36.2 Å². The van der Waals surface area contributed by atoms with E-state index in [0.29, 0.717) is 31.8 Å². The van der Waals surface area contributed by atoms with Gasteiger partial charge in [-0.2, -0.15) is 5.10 Å². The van der Waals surface area contributed by atoms with E-state index in [1.54, 1.807) is 0 Å². The molecular weight excluding hydrogens is 645 g/mol. The van der Waals surface area contributed by atoms with Crippen LogP contribution in [0.1, 0.15) is 65.7 Å². The van der Waals surface area contributed by atoms with E-state index in [1.807, 2.05) is 37.3 Å². The standard InChI is InChI=1S/C45H40N4O3/c1-31(32-14-6-2-7-15-32)46-43(50)40-28-34-29-41-38(30-39(34)47-40)42(33-22-24-44(25-23-33)51-26-27-52-44)48-49(41)45(35-16-8-3-9-17-35,36-18-10-4-11-19-36)37-20-12-5-13-21-37/h2-22,29-31H,23-28H2,1H3,(H,46,50)/t31-/m1/s1. The van der Waals surface area contributed by atoms with Crippen molar-refractivity contribution >= 4 is 33.8 Å². The van der Waals surface area contributed by atoms with Gasteiger partial charge >= 0.3 is 0 Å². The minimum absolute atomic E-state index is 0.142. The molecule has 1 saturated heterocycles. The summed E-state index contributed by atoms with van der Waals surface area (Å²) >= 11 is 0.